The lowest BCUT2D eigenvalue weighted by molar-refractivity contribution is -0.0630. The van der Waals surface area contributed by atoms with Gasteiger partial charge in [0.15, 0.2) is 0 Å². The zero-order valence-electron chi connectivity index (χ0n) is 13.7. The molecule has 1 aromatic carbocycles. The number of hydrogen-bond acceptors (Lipinski definition) is 3. The molecule has 2 heterocycles. The van der Waals surface area contributed by atoms with Crippen LogP contribution in [-0.4, -0.2) is 23.9 Å². The summed E-state index contributed by atoms with van der Waals surface area (Å²) in [6.07, 6.45) is 3.15. The molecule has 21 heavy (non-hydrogen) atoms. The summed E-state index contributed by atoms with van der Waals surface area (Å²) >= 11 is 0. The van der Waals surface area contributed by atoms with Crippen LogP contribution in [0.1, 0.15) is 51.7 Å². The summed E-state index contributed by atoms with van der Waals surface area (Å²) in [5, 5.41) is 3.69. The van der Waals surface area contributed by atoms with Gasteiger partial charge in [0.1, 0.15) is 11.4 Å². The third-order valence-electron chi connectivity index (χ3n) is 4.45. The fourth-order valence-corrected chi connectivity index (χ4v) is 3.48. The van der Waals surface area contributed by atoms with E-state index in [4.69, 9.17) is 9.47 Å². The molecular weight excluding hydrogens is 262 g/mol. The lowest BCUT2D eigenvalue weighted by Gasteiger charge is -2.36. The molecule has 1 aromatic rings. The molecule has 3 heteroatoms. The highest BCUT2D eigenvalue weighted by Gasteiger charge is 2.32. The second-order valence-electron chi connectivity index (χ2n) is 7.62. The average Bonchev–Trinajstić information content (AvgIpc) is 2.69. The zero-order chi connectivity index (χ0) is 15.1. The van der Waals surface area contributed by atoms with Crippen LogP contribution in [0, 0.1) is 0 Å². The maximum atomic E-state index is 6.14. The number of benzene rings is 1. The Morgan fingerprint density at radius 3 is 2.76 bits per heavy atom. The second kappa shape index (κ2) is 5.29. The first-order chi connectivity index (χ1) is 9.85. The first-order valence-electron chi connectivity index (χ1n) is 8.02. The third kappa shape index (κ3) is 3.41. The van der Waals surface area contributed by atoms with Crippen molar-refractivity contribution in [3.05, 3.63) is 29.3 Å². The quantitative estimate of drug-likeness (QED) is 0.924. The largest absolute Gasteiger partial charge is 0.487 e. The second-order valence-corrected chi connectivity index (χ2v) is 7.62. The topological polar surface area (TPSA) is 30.5 Å². The van der Waals surface area contributed by atoms with Crippen molar-refractivity contribution in [2.45, 2.75) is 70.7 Å². The van der Waals surface area contributed by atoms with Crippen LogP contribution in [0.5, 0.6) is 5.75 Å². The van der Waals surface area contributed by atoms with E-state index in [-0.39, 0.29) is 11.2 Å². The molecule has 116 valence electrons. The van der Waals surface area contributed by atoms with Gasteiger partial charge in [0.2, 0.25) is 0 Å². The number of rotatable bonds is 3. The summed E-state index contributed by atoms with van der Waals surface area (Å²) in [7, 11) is 0. The monoisotopic (exact) mass is 289 g/mol. The van der Waals surface area contributed by atoms with Crippen LogP contribution >= 0.6 is 0 Å². The highest BCUT2D eigenvalue weighted by molar-refractivity contribution is 5.45. The first-order valence-corrected chi connectivity index (χ1v) is 8.02. The average molecular weight is 289 g/mol. The molecule has 0 aliphatic carbocycles. The smallest absolute Gasteiger partial charge is 0.127 e. The lowest BCUT2D eigenvalue weighted by atomic mass is 9.93. The van der Waals surface area contributed by atoms with E-state index in [2.05, 4.69) is 51.2 Å². The molecule has 1 atom stereocenters. The van der Waals surface area contributed by atoms with Crippen LogP contribution in [0.3, 0.4) is 0 Å². The molecule has 0 aromatic heterocycles. The van der Waals surface area contributed by atoms with E-state index in [9.17, 15) is 0 Å². The van der Waals surface area contributed by atoms with Crippen molar-refractivity contribution < 1.29 is 9.47 Å². The normalized spacial score (nSPS) is 26.2. The number of hydrogen-bond donors (Lipinski definition) is 1. The summed E-state index contributed by atoms with van der Waals surface area (Å²) in [6.45, 7) is 10.4. The van der Waals surface area contributed by atoms with E-state index < -0.39 is 0 Å². The minimum atomic E-state index is -0.0703. The van der Waals surface area contributed by atoms with Crippen molar-refractivity contribution in [2.75, 3.05) is 6.61 Å². The van der Waals surface area contributed by atoms with Gasteiger partial charge in [0, 0.05) is 31.2 Å². The molecule has 3 nitrogen and oxygen atoms in total. The SMILES string of the molecule is CC1(C)CC(NCc2cccc3c2OC(C)(C)C3)CCO1. The van der Waals surface area contributed by atoms with E-state index in [0.717, 1.165) is 38.2 Å². The van der Waals surface area contributed by atoms with E-state index >= 15 is 0 Å². The molecule has 2 aliphatic heterocycles. The van der Waals surface area contributed by atoms with E-state index in [1.165, 1.54) is 11.1 Å². The Hall–Kier alpha value is -1.06. The first kappa shape index (κ1) is 14.9. The Balaban J connectivity index is 1.66. The van der Waals surface area contributed by atoms with Crippen molar-refractivity contribution in [3.8, 4) is 5.75 Å². The van der Waals surface area contributed by atoms with Gasteiger partial charge in [-0.2, -0.15) is 0 Å². The minimum Gasteiger partial charge on any atom is -0.487 e. The molecule has 0 spiro atoms. The summed E-state index contributed by atoms with van der Waals surface area (Å²) in [5.74, 6) is 1.10. The molecule has 0 bridgehead atoms. The summed E-state index contributed by atoms with van der Waals surface area (Å²) in [6, 6.07) is 7.04. The van der Waals surface area contributed by atoms with Crippen molar-refractivity contribution in [2.24, 2.45) is 0 Å². The van der Waals surface area contributed by atoms with Crippen LogP contribution in [-0.2, 0) is 17.7 Å². The van der Waals surface area contributed by atoms with Crippen molar-refractivity contribution >= 4 is 0 Å². The molecule has 1 N–H and O–H groups in total. The number of ether oxygens (including phenoxy) is 2. The summed E-state index contributed by atoms with van der Waals surface area (Å²) in [4.78, 5) is 0. The molecule has 1 unspecified atom stereocenters. The predicted octanol–water partition coefficient (Wildman–Crippen LogP) is 3.45. The lowest BCUT2D eigenvalue weighted by Crippen LogP contribution is -2.43. The fraction of sp³-hybridized carbons (Fsp3) is 0.667. The molecule has 1 saturated heterocycles. The van der Waals surface area contributed by atoms with Crippen LogP contribution in [0.15, 0.2) is 18.2 Å². The summed E-state index contributed by atoms with van der Waals surface area (Å²) in [5.41, 5.74) is 2.54. The molecule has 0 radical (unpaired) electrons. The van der Waals surface area contributed by atoms with Gasteiger partial charge in [-0.15, -0.1) is 0 Å². The van der Waals surface area contributed by atoms with Crippen LogP contribution in [0.4, 0.5) is 0 Å². The Kier molecular flexibility index (Phi) is 3.74. The molecule has 0 amide bonds. The van der Waals surface area contributed by atoms with E-state index in [1.54, 1.807) is 0 Å². The van der Waals surface area contributed by atoms with Gasteiger partial charge in [-0.1, -0.05) is 18.2 Å². The number of para-hydroxylation sites is 1. The van der Waals surface area contributed by atoms with Crippen molar-refractivity contribution in [1.82, 2.24) is 5.32 Å². The Morgan fingerprint density at radius 1 is 1.19 bits per heavy atom. The van der Waals surface area contributed by atoms with Gasteiger partial charge >= 0.3 is 0 Å². The Bertz CT molecular complexity index is 522. The summed E-state index contributed by atoms with van der Waals surface area (Å²) < 4.78 is 11.9. The highest BCUT2D eigenvalue weighted by atomic mass is 16.5. The molecule has 1 fully saturated rings. The van der Waals surface area contributed by atoms with Crippen LogP contribution < -0.4 is 10.1 Å². The Labute approximate surface area is 128 Å². The predicted molar refractivity (Wildman–Crippen MR) is 84.7 cm³/mol. The molecule has 0 saturated carbocycles. The van der Waals surface area contributed by atoms with Crippen molar-refractivity contribution in [3.63, 3.8) is 0 Å². The van der Waals surface area contributed by atoms with Gasteiger partial charge < -0.3 is 14.8 Å². The van der Waals surface area contributed by atoms with Gasteiger partial charge in [0.25, 0.3) is 0 Å². The highest BCUT2D eigenvalue weighted by Crippen LogP contribution is 2.37. The molecular formula is C18H27NO2. The maximum Gasteiger partial charge on any atom is 0.127 e. The minimum absolute atomic E-state index is 0.00690. The number of fused-ring (bicyclic) bond motifs is 1. The van der Waals surface area contributed by atoms with Gasteiger partial charge in [-0.3, -0.25) is 0 Å². The molecule has 3 rings (SSSR count). The van der Waals surface area contributed by atoms with Gasteiger partial charge in [-0.25, -0.2) is 0 Å². The number of nitrogens with one attached hydrogen (secondary N) is 1. The Morgan fingerprint density at radius 2 is 2.00 bits per heavy atom. The van der Waals surface area contributed by atoms with E-state index in [1.807, 2.05) is 0 Å². The van der Waals surface area contributed by atoms with Crippen LogP contribution in [0.2, 0.25) is 0 Å². The molecule has 2 aliphatic rings. The standard InChI is InChI=1S/C18H27NO2/c1-17(2)11-15(8-9-20-17)19-12-14-7-5-6-13-10-18(3,4)21-16(13)14/h5-7,15,19H,8-12H2,1-4H3. The zero-order valence-corrected chi connectivity index (χ0v) is 13.7. The fourth-order valence-electron chi connectivity index (χ4n) is 3.48. The third-order valence-corrected chi connectivity index (χ3v) is 4.45. The van der Waals surface area contributed by atoms with Gasteiger partial charge in [-0.05, 0) is 46.1 Å². The maximum absolute atomic E-state index is 6.14. The van der Waals surface area contributed by atoms with Crippen molar-refractivity contribution in [1.29, 1.82) is 0 Å². The van der Waals surface area contributed by atoms with Crippen LogP contribution in [0.25, 0.3) is 0 Å². The van der Waals surface area contributed by atoms with Gasteiger partial charge in [0.05, 0.1) is 5.60 Å². The van der Waals surface area contributed by atoms with E-state index in [0.29, 0.717) is 6.04 Å².